The standard InChI is InChI=1S/C17H18ClN3O6S/c1-11-4-6-13(21(23)24)9-14(11)19-17(22)10-20(28(3,25)26)15-8-12(18)5-7-16(15)27-2/h4-9H,10H2,1-3H3,(H,19,22). The molecular formula is C17H18ClN3O6S. The van der Waals surface area contributed by atoms with Crippen molar-refractivity contribution in [1.82, 2.24) is 0 Å². The smallest absolute Gasteiger partial charge is 0.271 e. The van der Waals surface area contributed by atoms with Gasteiger partial charge in [-0.05, 0) is 30.7 Å². The van der Waals surface area contributed by atoms with Crippen LogP contribution in [0.4, 0.5) is 17.1 Å². The summed E-state index contributed by atoms with van der Waals surface area (Å²) in [5.74, 6) is -0.467. The molecule has 0 spiro atoms. The summed E-state index contributed by atoms with van der Waals surface area (Å²) in [5.41, 5.74) is 0.705. The predicted octanol–water partition coefficient (Wildman–Crippen LogP) is 2.97. The molecule has 0 aliphatic carbocycles. The summed E-state index contributed by atoms with van der Waals surface area (Å²) < 4.78 is 30.5. The summed E-state index contributed by atoms with van der Waals surface area (Å²) in [4.78, 5) is 22.8. The molecule has 28 heavy (non-hydrogen) atoms. The highest BCUT2D eigenvalue weighted by molar-refractivity contribution is 7.92. The van der Waals surface area contributed by atoms with Crippen molar-refractivity contribution in [3.05, 3.63) is 57.1 Å². The van der Waals surface area contributed by atoms with E-state index in [0.29, 0.717) is 5.56 Å². The predicted molar refractivity (Wildman–Crippen MR) is 107 cm³/mol. The summed E-state index contributed by atoms with van der Waals surface area (Å²) >= 11 is 5.96. The molecule has 150 valence electrons. The number of nitro groups is 1. The van der Waals surface area contributed by atoms with Gasteiger partial charge in [0, 0.05) is 17.2 Å². The van der Waals surface area contributed by atoms with E-state index in [1.54, 1.807) is 6.92 Å². The Morgan fingerprint density at radius 3 is 2.54 bits per heavy atom. The van der Waals surface area contributed by atoms with Crippen LogP contribution in [-0.4, -0.2) is 39.2 Å². The maximum absolute atomic E-state index is 12.5. The average molecular weight is 428 g/mol. The zero-order valence-electron chi connectivity index (χ0n) is 15.3. The number of methoxy groups -OCH3 is 1. The monoisotopic (exact) mass is 427 g/mol. The summed E-state index contributed by atoms with van der Waals surface area (Å²) in [7, 11) is -2.50. The number of nitrogens with one attached hydrogen (secondary N) is 1. The van der Waals surface area contributed by atoms with E-state index in [4.69, 9.17) is 16.3 Å². The lowest BCUT2D eigenvalue weighted by atomic mass is 10.2. The van der Waals surface area contributed by atoms with Crippen LogP contribution in [-0.2, 0) is 14.8 Å². The number of carbonyl (C=O) groups excluding carboxylic acids is 1. The Bertz CT molecular complexity index is 1030. The van der Waals surface area contributed by atoms with Gasteiger partial charge in [0.15, 0.2) is 0 Å². The summed E-state index contributed by atoms with van der Waals surface area (Å²) in [6.07, 6.45) is 0.944. The molecule has 0 radical (unpaired) electrons. The number of nitro benzene ring substituents is 1. The van der Waals surface area contributed by atoms with Crippen LogP contribution < -0.4 is 14.4 Å². The van der Waals surface area contributed by atoms with Crippen LogP contribution in [0, 0.1) is 17.0 Å². The third-order valence-electron chi connectivity index (χ3n) is 3.80. The first-order chi connectivity index (χ1) is 13.0. The summed E-state index contributed by atoms with van der Waals surface area (Å²) in [6.45, 7) is 1.09. The van der Waals surface area contributed by atoms with Crippen molar-refractivity contribution in [2.75, 3.05) is 29.5 Å². The molecule has 0 aliphatic rings. The topological polar surface area (TPSA) is 119 Å². The fourth-order valence-corrected chi connectivity index (χ4v) is 3.44. The largest absolute Gasteiger partial charge is 0.495 e. The lowest BCUT2D eigenvalue weighted by Crippen LogP contribution is -2.37. The molecule has 1 N–H and O–H groups in total. The number of rotatable bonds is 7. The molecule has 2 aromatic carbocycles. The van der Waals surface area contributed by atoms with Crippen molar-refractivity contribution in [2.45, 2.75) is 6.92 Å². The molecule has 0 bridgehead atoms. The van der Waals surface area contributed by atoms with Crippen molar-refractivity contribution in [2.24, 2.45) is 0 Å². The second-order valence-electron chi connectivity index (χ2n) is 5.89. The Balaban J connectivity index is 2.35. The van der Waals surface area contributed by atoms with E-state index in [9.17, 15) is 23.3 Å². The molecular weight excluding hydrogens is 410 g/mol. The molecule has 11 heteroatoms. The number of non-ortho nitro benzene ring substituents is 1. The van der Waals surface area contributed by atoms with Crippen LogP contribution in [0.25, 0.3) is 0 Å². The van der Waals surface area contributed by atoms with Crippen molar-refractivity contribution in [3.8, 4) is 5.75 Å². The van der Waals surface area contributed by atoms with E-state index in [1.165, 1.54) is 43.5 Å². The molecule has 0 atom stereocenters. The SMILES string of the molecule is COc1ccc(Cl)cc1N(CC(=O)Nc1cc([N+](=O)[O-])ccc1C)S(C)(=O)=O. The Kier molecular flexibility index (Phi) is 6.47. The number of halogens is 1. The Morgan fingerprint density at radius 1 is 1.29 bits per heavy atom. The van der Waals surface area contributed by atoms with E-state index in [1.807, 2.05) is 0 Å². The molecule has 0 aromatic heterocycles. The number of aryl methyl sites for hydroxylation is 1. The van der Waals surface area contributed by atoms with Crippen LogP contribution in [0.1, 0.15) is 5.56 Å². The molecule has 2 aromatic rings. The molecule has 1 amide bonds. The van der Waals surface area contributed by atoms with Crippen LogP contribution in [0.15, 0.2) is 36.4 Å². The van der Waals surface area contributed by atoms with E-state index < -0.39 is 27.4 Å². The van der Waals surface area contributed by atoms with Gasteiger partial charge in [-0.15, -0.1) is 0 Å². The van der Waals surface area contributed by atoms with Crippen molar-refractivity contribution in [1.29, 1.82) is 0 Å². The number of hydrogen-bond donors (Lipinski definition) is 1. The minimum Gasteiger partial charge on any atom is -0.495 e. The highest BCUT2D eigenvalue weighted by atomic mass is 35.5. The maximum Gasteiger partial charge on any atom is 0.271 e. The minimum absolute atomic E-state index is 0.100. The van der Waals surface area contributed by atoms with Gasteiger partial charge in [-0.3, -0.25) is 19.2 Å². The van der Waals surface area contributed by atoms with Gasteiger partial charge in [-0.2, -0.15) is 0 Å². The maximum atomic E-state index is 12.5. The van der Waals surface area contributed by atoms with Gasteiger partial charge in [0.05, 0.1) is 29.7 Å². The molecule has 0 saturated heterocycles. The van der Waals surface area contributed by atoms with Gasteiger partial charge in [0.2, 0.25) is 15.9 Å². The number of benzene rings is 2. The first-order valence-corrected chi connectivity index (χ1v) is 10.1. The normalized spacial score (nSPS) is 11.0. The van der Waals surface area contributed by atoms with Gasteiger partial charge < -0.3 is 10.1 Å². The second kappa shape index (κ2) is 8.44. The van der Waals surface area contributed by atoms with Gasteiger partial charge in [-0.25, -0.2) is 8.42 Å². The highest BCUT2D eigenvalue weighted by Crippen LogP contribution is 2.32. The number of anilines is 2. The molecule has 0 unspecified atom stereocenters. The first kappa shape index (κ1) is 21.5. The van der Waals surface area contributed by atoms with E-state index in [0.717, 1.165) is 10.6 Å². The Hall–Kier alpha value is -2.85. The third kappa shape index (κ3) is 5.11. The van der Waals surface area contributed by atoms with E-state index in [2.05, 4.69) is 5.32 Å². The zero-order chi connectivity index (χ0) is 21.1. The highest BCUT2D eigenvalue weighted by Gasteiger charge is 2.25. The first-order valence-electron chi connectivity index (χ1n) is 7.89. The number of sulfonamides is 1. The summed E-state index contributed by atoms with van der Waals surface area (Å²) in [6, 6.07) is 8.38. The molecule has 0 saturated carbocycles. The third-order valence-corrected chi connectivity index (χ3v) is 5.16. The van der Waals surface area contributed by atoms with Gasteiger partial charge in [0.25, 0.3) is 5.69 Å². The fraction of sp³-hybridized carbons (Fsp3) is 0.235. The van der Waals surface area contributed by atoms with Crippen LogP contribution in [0.3, 0.4) is 0 Å². The number of nitrogens with zero attached hydrogens (tertiary/aromatic N) is 2. The molecule has 2 rings (SSSR count). The number of ether oxygens (including phenoxy) is 1. The Labute approximate surface area is 167 Å². The second-order valence-corrected chi connectivity index (χ2v) is 8.23. The van der Waals surface area contributed by atoms with Crippen LogP contribution in [0.5, 0.6) is 5.75 Å². The van der Waals surface area contributed by atoms with Gasteiger partial charge in [-0.1, -0.05) is 17.7 Å². The van der Waals surface area contributed by atoms with Crippen LogP contribution in [0.2, 0.25) is 5.02 Å². The number of hydrogen-bond acceptors (Lipinski definition) is 6. The molecule has 9 nitrogen and oxygen atoms in total. The minimum atomic E-state index is -3.86. The lowest BCUT2D eigenvalue weighted by molar-refractivity contribution is -0.384. The number of carbonyl (C=O) groups is 1. The van der Waals surface area contributed by atoms with Crippen molar-refractivity contribution >= 4 is 44.6 Å². The molecule has 0 heterocycles. The van der Waals surface area contributed by atoms with Crippen molar-refractivity contribution < 1.29 is 22.9 Å². The number of amides is 1. The summed E-state index contributed by atoms with van der Waals surface area (Å²) in [5, 5.41) is 13.7. The quantitative estimate of drug-likeness (QED) is 0.536. The van der Waals surface area contributed by atoms with E-state index >= 15 is 0 Å². The Morgan fingerprint density at radius 2 is 1.96 bits per heavy atom. The zero-order valence-corrected chi connectivity index (χ0v) is 16.9. The van der Waals surface area contributed by atoms with Crippen molar-refractivity contribution in [3.63, 3.8) is 0 Å². The average Bonchev–Trinajstić information content (AvgIpc) is 2.60. The van der Waals surface area contributed by atoms with Gasteiger partial charge >= 0.3 is 0 Å². The molecule has 0 fully saturated rings. The lowest BCUT2D eigenvalue weighted by Gasteiger charge is -2.24. The van der Waals surface area contributed by atoms with E-state index in [-0.39, 0.29) is 27.8 Å². The van der Waals surface area contributed by atoms with Gasteiger partial charge in [0.1, 0.15) is 12.3 Å². The fourth-order valence-electron chi connectivity index (χ4n) is 2.42. The molecule has 0 aliphatic heterocycles. The van der Waals surface area contributed by atoms with Crippen LogP contribution >= 0.6 is 11.6 Å².